The van der Waals surface area contributed by atoms with E-state index in [9.17, 15) is 22.4 Å². The maximum absolute atomic E-state index is 15.0. The van der Waals surface area contributed by atoms with Gasteiger partial charge in [-0.1, -0.05) is 62.0 Å². The zero-order valence-corrected chi connectivity index (χ0v) is 38.4. The monoisotopic (exact) mass is 924 g/mol. The molecule has 4 heterocycles. The predicted molar refractivity (Wildman–Crippen MR) is 239 cm³/mol. The number of pyridine rings is 1. The zero-order valence-electron chi connectivity index (χ0n) is 35.2. The SMILES string of the molecule is COc1ccc2c(O[C@@H]3C[C@H]4C(=O)C[C@]5(C(=O)NS(=O)(=O)C6CC6)C[C@@H]5/C=C\CCCCC[C@H](Cc5cc(F)c(Cl)c(Cl)c5)C(=O)N4C3)nc(-c3nc(C(C)C)cs3)cc2c1C. The average Bonchev–Trinajstić information content (AvgIpc) is 4.11. The fourth-order valence-corrected chi connectivity index (χ4v) is 11.7. The topological polar surface area (TPSA) is 145 Å². The molecule has 330 valence electrons. The number of fused-ring (bicyclic) bond motifs is 3. The molecular weight excluding hydrogens is 875 g/mol. The standard InChI is InChI=1S/C46H51Cl2FN4O7S2/c1-25(2)37-24-61-43(51-37)36-20-33-26(3)40(59-4)15-14-32(33)42(50-36)60-30-19-38-39(54)22-46(45(56)52-62(57,58)31-12-13-31)21-29(46)11-9-7-5-6-8-10-28(44(55)53(38)23-30)16-27-17-34(47)41(48)35(49)18-27/h9,11,14-15,17-18,20,24-25,28-31,38H,5-8,10,12-13,16,19,21-23H2,1-4H3,(H,52,56)/b11-9-/t28-,29+,30-,38+,46-/m1/s1. The number of ketones is 1. The molecule has 1 saturated heterocycles. The normalized spacial score (nSPS) is 25.2. The van der Waals surface area contributed by atoms with E-state index in [0.717, 1.165) is 41.3 Å². The van der Waals surface area contributed by atoms with E-state index in [4.69, 9.17) is 42.6 Å². The summed E-state index contributed by atoms with van der Waals surface area (Å²) in [5.74, 6) is -1.78. The van der Waals surface area contributed by atoms with Crippen LogP contribution in [0.25, 0.3) is 21.5 Å². The van der Waals surface area contributed by atoms with Crippen LogP contribution >= 0.6 is 34.5 Å². The molecule has 2 saturated carbocycles. The molecule has 0 spiro atoms. The molecule has 4 aromatic rings. The first-order chi connectivity index (χ1) is 29.6. The van der Waals surface area contributed by atoms with Crippen LogP contribution in [-0.2, 0) is 30.8 Å². The number of carbonyl (C=O) groups excluding carboxylic acids is 3. The average molecular weight is 926 g/mol. The van der Waals surface area contributed by atoms with E-state index >= 15 is 4.79 Å². The number of ether oxygens (including phenoxy) is 2. The van der Waals surface area contributed by atoms with E-state index in [1.54, 1.807) is 18.1 Å². The Balaban J connectivity index is 1.16. The Bertz CT molecular complexity index is 2540. The second-order valence-electron chi connectivity index (χ2n) is 17.6. The number of methoxy groups -OCH3 is 1. The number of carbonyl (C=O) groups is 3. The van der Waals surface area contributed by atoms with E-state index in [1.165, 1.54) is 17.4 Å². The molecule has 2 aromatic carbocycles. The van der Waals surface area contributed by atoms with E-state index in [-0.39, 0.29) is 59.4 Å². The van der Waals surface area contributed by atoms with Crippen molar-refractivity contribution in [1.29, 1.82) is 0 Å². The fraction of sp³-hybridized carbons (Fsp3) is 0.500. The number of rotatable bonds is 10. The van der Waals surface area contributed by atoms with Gasteiger partial charge < -0.3 is 14.4 Å². The maximum atomic E-state index is 15.0. The third kappa shape index (κ3) is 9.12. The van der Waals surface area contributed by atoms with Crippen LogP contribution in [0, 0.1) is 30.0 Å². The number of Topliss-reactive ketones (excluding diaryl/α,β-unsaturated/α-hetero) is 1. The molecule has 5 atom stereocenters. The predicted octanol–water partition coefficient (Wildman–Crippen LogP) is 9.55. The van der Waals surface area contributed by atoms with Crippen LogP contribution in [0.3, 0.4) is 0 Å². The van der Waals surface area contributed by atoms with Crippen LogP contribution in [0.15, 0.2) is 47.9 Å². The summed E-state index contributed by atoms with van der Waals surface area (Å²) in [7, 11) is -2.27. The van der Waals surface area contributed by atoms with Crippen molar-refractivity contribution < 1.29 is 36.7 Å². The lowest BCUT2D eigenvalue weighted by molar-refractivity contribution is -0.142. The Morgan fingerprint density at radius 3 is 2.58 bits per heavy atom. The Morgan fingerprint density at radius 2 is 1.87 bits per heavy atom. The molecule has 0 bridgehead atoms. The number of aromatic nitrogens is 2. The van der Waals surface area contributed by atoms with Gasteiger partial charge in [-0.25, -0.2) is 22.8 Å². The lowest BCUT2D eigenvalue weighted by atomic mass is 9.90. The van der Waals surface area contributed by atoms with E-state index in [2.05, 4.69) is 18.6 Å². The zero-order chi connectivity index (χ0) is 44.1. The summed E-state index contributed by atoms with van der Waals surface area (Å²) in [6.07, 6.45) is 8.08. The van der Waals surface area contributed by atoms with Crippen molar-refractivity contribution in [2.24, 2.45) is 17.3 Å². The van der Waals surface area contributed by atoms with Crippen molar-refractivity contribution in [1.82, 2.24) is 19.6 Å². The lowest BCUT2D eigenvalue weighted by Crippen LogP contribution is -2.46. The van der Waals surface area contributed by atoms with Crippen LogP contribution in [0.5, 0.6) is 11.6 Å². The highest BCUT2D eigenvalue weighted by molar-refractivity contribution is 7.90. The van der Waals surface area contributed by atoms with Crippen LogP contribution in [0.2, 0.25) is 10.0 Å². The van der Waals surface area contributed by atoms with Gasteiger partial charge in [0.25, 0.3) is 0 Å². The summed E-state index contributed by atoms with van der Waals surface area (Å²) in [6, 6.07) is 7.56. The third-order valence-corrected chi connectivity index (χ3v) is 16.4. The van der Waals surface area contributed by atoms with Gasteiger partial charge in [-0.15, -0.1) is 11.3 Å². The van der Waals surface area contributed by atoms with Gasteiger partial charge in [0.05, 0.1) is 46.1 Å². The molecule has 2 amide bonds. The summed E-state index contributed by atoms with van der Waals surface area (Å²) in [5.41, 5.74) is 1.66. The van der Waals surface area contributed by atoms with Crippen molar-refractivity contribution in [2.75, 3.05) is 13.7 Å². The molecule has 16 heteroatoms. The molecule has 0 unspecified atom stereocenters. The van der Waals surface area contributed by atoms with Gasteiger partial charge in [-0.3, -0.25) is 19.1 Å². The quantitative estimate of drug-likeness (QED) is 0.121. The van der Waals surface area contributed by atoms with Crippen LogP contribution in [0.1, 0.15) is 101 Å². The van der Waals surface area contributed by atoms with Crippen LogP contribution in [-0.4, -0.2) is 71.9 Å². The van der Waals surface area contributed by atoms with Crippen molar-refractivity contribution in [3.05, 3.63) is 80.5 Å². The second-order valence-corrected chi connectivity index (χ2v) is 21.2. The highest BCUT2D eigenvalue weighted by Gasteiger charge is 2.61. The molecule has 0 radical (unpaired) electrons. The summed E-state index contributed by atoms with van der Waals surface area (Å²) in [5, 5.41) is 3.53. The molecular formula is C46H51Cl2FN4O7S2. The molecule has 8 rings (SSSR count). The Kier molecular flexibility index (Phi) is 12.8. The summed E-state index contributed by atoms with van der Waals surface area (Å²) < 4.78 is 55.7. The summed E-state index contributed by atoms with van der Waals surface area (Å²) in [4.78, 5) is 55.2. The molecule has 2 aromatic heterocycles. The molecule has 3 fully saturated rings. The van der Waals surface area contributed by atoms with Crippen molar-refractivity contribution in [2.45, 2.75) is 115 Å². The number of sulfonamides is 1. The lowest BCUT2D eigenvalue weighted by Gasteiger charge is -2.29. The molecule has 11 nitrogen and oxygen atoms in total. The molecule has 1 N–H and O–H groups in total. The Morgan fingerprint density at radius 1 is 1.08 bits per heavy atom. The maximum Gasteiger partial charge on any atom is 0.240 e. The Hall–Kier alpha value is -4.11. The molecule has 2 aliphatic heterocycles. The van der Waals surface area contributed by atoms with E-state index in [1.807, 2.05) is 42.7 Å². The number of halogens is 3. The number of thiazole rings is 1. The van der Waals surface area contributed by atoms with Gasteiger partial charge in [0.15, 0.2) is 5.78 Å². The van der Waals surface area contributed by atoms with Gasteiger partial charge in [0.2, 0.25) is 27.7 Å². The minimum Gasteiger partial charge on any atom is -0.496 e. The minimum absolute atomic E-state index is 0.0390. The number of amides is 2. The number of benzene rings is 2. The van der Waals surface area contributed by atoms with Crippen molar-refractivity contribution >= 4 is 72.9 Å². The molecule has 4 aliphatic rings. The largest absolute Gasteiger partial charge is 0.496 e. The number of hydrogen-bond donors (Lipinski definition) is 1. The van der Waals surface area contributed by atoms with E-state index in [0.29, 0.717) is 60.0 Å². The number of hydrogen-bond acceptors (Lipinski definition) is 10. The first-order valence-corrected chi connectivity index (χ1v) is 24.6. The molecule has 2 aliphatic carbocycles. The van der Waals surface area contributed by atoms with Gasteiger partial charge in [0, 0.05) is 29.5 Å². The third-order valence-electron chi connectivity index (χ3n) is 12.9. The number of nitrogens with zero attached hydrogens (tertiary/aromatic N) is 3. The van der Waals surface area contributed by atoms with Gasteiger partial charge >= 0.3 is 0 Å². The first kappa shape index (κ1) is 44.5. The minimum atomic E-state index is -3.88. The highest BCUT2D eigenvalue weighted by Crippen LogP contribution is 2.57. The molecule has 62 heavy (non-hydrogen) atoms. The van der Waals surface area contributed by atoms with Gasteiger partial charge in [-0.05, 0) is 111 Å². The Labute approximate surface area is 375 Å². The summed E-state index contributed by atoms with van der Waals surface area (Å²) >= 11 is 13.8. The second kappa shape index (κ2) is 17.8. The van der Waals surface area contributed by atoms with Gasteiger partial charge in [0.1, 0.15) is 28.4 Å². The van der Waals surface area contributed by atoms with Crippen LogP contribution < -0.4 is 14.2 Å². The smallest absolute Gasteiger partial charge is 0.240 e. The first-order valence-electron chi connectivity index (χ1n) is 21.4. The van der Waals surface area contributed by atoms with Crippen LogP contribution in [0.4, 0.5) is 4.39 Å². The number of aryl methyl sites for hydroxylation is 1. The number of allylic oxidation sites excluding steroid dienone is 2. The van der Waals surface area contributed by atoms with Crippen molar-refractivity contribution in [3.63, 3.8) is 0 Å². The number of nitrogens with one attached hydrogen (secondary N) is 1. The summed E-state index contributed by atoms with van der Waals surface area (Å²) in [6.45, 7) is 6.15. The van der Waals surface area contributed by atoms with E-state index < -0.39 is 50.5 Å². The van der Waals surface area contributed by atoms with Gasteiger partial charge in [-0.2, -0.15) is 0 Å². The fourth-order valence-electron chi connectivity index (χ4n) is 9.00. The van der Waals surface area contributed by atoms with Crippen molar-refractivity contribution in [3.8, 4) is 22.3 Å². The highest BCUT2D eigenvalue weighted by atomic mass is 35.5.